The molecule has 0 aliphatic carbocycles. The van der Waals surface area contributed by atoms with Crippen LogP contribution in [0.1, 0.15) is 25.3 Å². The first-order chi connectivity index (χ1) is 17.2. The fourth-order valence-corrected chi connectivity index (χ4v) is 5.93. The molecule has 1 saturated heterocycles. The van der Waals surface area contributed by atoms with Gasteiger partial charge in [-0.15, -0.1) is 0 Å². The molecule has 8 heteroatoms. The quantitative estimate of drug-likeness (QED) is 0.482. The lowest BCUT2D eigenvalue weighted by Gasteiger charge is -2.31. The van der Waals surface area contributed by atoms with E-state index in [1.54, 1.807) is 12.1 Å². The highest BCUT2D eigenvalue weighted by atomic mass is 32.2. The molecule has 7 nitrogen and oxygen atoms in total. The van der Waals surface area contributed by atoms with Crippen LogP contribution >= 0.6 is 0 Å². The Bertz CT molecular complexity index is 1300. The SMILES string of the molecule is CC(=O)Nc1ccc(S(=O)(=O)N2CCC(Oc3cccc(-c4ccccc4CN(C)C)c3)CC2)cc1. The summed E-state index contributed by atoms with van der Waals surface area (Å²) >= 11 is 0. The number of amides is 1. The molecule has 190 valence electrons. The summed E-state index contributed by atoms with van der Waals surface area (Å²) in [7, 11) is 0.519. The number of rotatable bonds is 8. The van der Waals surface area contributed by atoms with Crippen LogP contribution in [-0.4, -0.2) is 56.8 Å². The van der Waals surface area contributed by atoms with E-state index in [1.165, 1.54) is 34.5 Å². The molecule has 36 heavy (non-hydrogen) atoms. The van der Waals surface area contributed by atoms with Crippen LogP contribution in [0.3, 0.4) is 0 Å². The third-order valence-electron chi connectivity index (χ3n) is 6.17. The Morgan fingerprint density at radius 1 is 1.00 bits per heavy atom. The molecule has 3 aromatic carbocycles. The average molecular weight is 508 g/mol. The maximum atomic E-state index is 13.1. The number of benzene rings is 3. The minimum atomic E-state index is -3.60. The zero-order valence-corrected chi connectivity index (χ0v) is 21.8. The predicted molar refractivity (Wildman–Crippen MR) is 142 cm³/mol. The molecule has 1 amide bonds. The minimum Gasteiger partial charge on any atom is -0.490 e. The highest BCUT2D eigenvalue weighted by Gasteiger charge is 2.30. The smallest absolute Gasteiger partial charge is 0.243 e. The van der Waals surface area contributed by atoms with Gasteiger partial charge in [0.25, 0.3) is 0 Å². The molecular formula is C28H33N3O4S. The second kappa shape index (κ2) is 11.2. The Balaban J connectivity index is 1.39. The number of anilines is 1. The minimum absolute atomic E-state index is 0.0501. The van der Waals surface area contributed by atoms with Crippen molar-refractivity contribution < 1.29 is 17.9 Å². The number of carbonyl (C=O) groups excluding carboxylic acids is 1. The Kier molecular flexibility index (Phi) is 8.08. The first kappa shape index (κ1) is 25.9. The third-order valence-corrected chi connectivity index (χ3v) is 8.08. The van der Waals surface area contributed by atoms with Crippen LogP contribution in [0.25, 0.3) is 11.1 Å². The third kappa shape index (κ3) is 6.32. The van der Waals surface area contributed by atoms with E-state index in [9.17, 15) is 13.2 Å². The van der Waals surface area contributed by atoms with Crippen molar-refractivity contribution >= 4 is 21.6 Å². The van der Waals surface area contributed by atoms with E-state index in [0.29, 0.717) is 31.6 Å². The van der Waals surface area contributed by atoms with Gasteiger partial charge in [-0.1, -0.05) is 36.4 Å². The monoisotopic (exact) mass is 507 g/mol. The zero-order chi connectivity index (χ0) is 25.7. The predicted octanol–water partition coefficient (Wildman–Crippen LogP) is 4.61. The van der Waals surface area contributed by atoms with Gasteiger partial charge in [0.05, 0.1) is 4.90 Å². The van der Waals surface area contributed by atoms with Crippen molar-refractivity contribution in [3.05, 3.63) is 78.4 Å². The van der Waals surface area contributed by atoms with Crippen LogP contribution in [0, 0.1) is 0 Å². The van der Waals surface area contributed by atoms with Gasteiger partial charge in [-0.25, -0.2) is 8.42 Å². The van der Waals surface area contributed by atoms with Crippen molar-refractivity contribution in [3.63, 3.8) is 0 Å². The Morgan fingerprint density at radius 2 is 1.69 bits per heavy atom. The summed E-state index contributed by atoms with van der Waals surface area (Å²) < 4.78 is 34.0. The molecule has 0 bridgehead atoms. The summed E-state index contributed by atoms with van der Waals surface area (Å²) in [4.78, 5) is 13.6. The van der Waals surface area contributed by atoms with Crippen molar-refractivity contribution in [3.8, 4) is 16.9 Å². The van der Waals surface area contributed by atoms with E-state index in [2.05, 4.69) is 54.6 Å². The molecule has 1 N–H and O–H groups in total. The van der Waals surface area contributed by atoms with Gasteiger partial charge in [0.15, 0.2) is 0 Å². The topological polar surface area (TPSA) is 79.0 Å². The van der Waals surface area contributed by atoms with Crippen molar-refractivity contribution in [2.45, 2.75) is 37.3 Å². The number of carbonyl (C=O) groups is 1. The van der Waals surface area contributed by atoms with E-state index in [1.807, 2.05) is 18.2 Å². The molecular weight excluding hydrogens is 474 g/mol. The number of nitrogens with zero attached hydrogens (tertiary/aromatic N) is 2. The van der Waals surface area contributed by atoms with Crippen LogP contribution in [-0.2, 0) is 21.4 Å². The second-order valence-electron chi connectivity index (χ2n) is 9.35. The summed E-state index contributed by atoms with van der Waals surface area (Å²) in [6.07, 6.45) is 1.18. The number of sulfonamides is 1. The number of piperidine rings is 1. The number of ether oxygens (including phenoxy) is 1. The summed E-state index contributed by atoms with van der Waals surface area (Å²) in [5, 5.41) is 2.65. The zero-order valence-electron chi connectivity index (χ0n) is 21.0. The summed E-state index contributed by atoms with van der Waals surface area (Å²) in [6, 6.07) is 22.8. The van der Waals surface area contributed by atoms with Gasteiger partial charge in [-0.3, -0.25) is 4.79 Å². The lowest BCUT2D eigenvalue weighted by atomic mass is 9.99. The fourth-order valence-electron chi connectivity index (χ4n) is 4.46. The standard InChI is InChI=1S/C28H33N3O4S/c1-21(32)29-24-11-13-27(14-12-24)36(33,34)31-17-15-25(16-18-31)35-26-9-6-8-22(19-26)28-10-5-4-7-23(28)20-30(2)3/h4-14,19,25H,15-18,20H2,1-3H3,(H,29,32). The van der Waals surface area contributed by atoms with Gasteiger partial charge < -0.3 is 15.0 Å². The number of hydrogen-bond acceptors (Lipinski definition) is 5. The highest BCUT2D eigenvalue weighted by Crippen LogP contribution is 2.30. The van der Waals surface area contributed by atoms with Crippen molar-refractivity contribution in [1.82, 2.24) is 9.21 Å². The van der Waals surface area contributed by atoms with Crippen LogP contribution in [0.2, 0.25) is 0 Å². The van der Waals surface area contributed by atoms with Gasteiger partial charge >= 0.3 is 0 Å². The Hall–Kier alpha value is -3.20. The van der Waals surface area contributed by atoms with Crippen LogP contribution < -0.4 is 10.1 Å². The van der Waals surface area contributed by atoms with Crippen molar-refractivity contribution in [1.29, 1.82) is 0 Å². The molecule has 0 saturated carbocycles. The molecule has 0 atom stereocenters. The molecule has 1 fully saturated rings. The molecule has 1 aliphatic heterocycles. The van der Waals surface area contributed by atoms with E-state index < -0.39 is 10.0 Å². The van der Waals surface area contributed by atoms with E-state index >= 15 is 0 Å². The molecule has 0 aromatic heterocycles. The normalized spacial score (nSPS) is 15.1. The van der Waals surface area contributed by atoms with E-state index in [0.717, 1.165) is 17.9 Å². The highest BCUT2D eigenvalue weighted by molar-refractivity contribution is 7.89. The maximum Gasteiger partial charge on any atom is 0.243 e. The summed E-state index contributed by atoms with van der Waals surface area (Å²) in [5.74, 6) is 0.595. The Labute approximate surface area is 213 Å². The summed E-state index contributed by atoms with van der Waals surface area (Å²) in [6.45, 7) is 3.05. The van der Waals surface area contributed by atoms with Gasteiger partial charge in [0.1, 0.15) is 11.9 Å². The van der Waals surface area contributed by atoms with Gasteiger partial charge in [-0.2, -0.15) is 4.31 Å². The molecule has 4 rings (SSSR count). The molecule has 0 unspecified atom stereocenters. The molecule has 0 spiro atoms. The lowest BCUT2D eigenvalue weighted by molar-refractivity contribution is -0.114. The maximum absolute atomic E-state index is 13.1. The van der Waals surface area contributed by atoms with Crippen molar-refractivity contribution in [2.24, 2.45) is 0 Å². The largest absolute Gasteiger partial charge is 0.490 e. The Morgan fingerprint density at radius 3 is 2.36 bits per heavy atom. The average Bonchev–Trinajstić information content (AvgIpc) is 2.84. The van der Waals surface area contributed by atoms with Crippen molar-refractivity contribution in [2.75, 3.05) is 32.5 Å². The number of nitrogens with one attached hydrogen (secondary N) is 1. The van der Waals surface area contributed by atoms with Gasteiger partial charge in [0, 0.05) is 32.2 Å². The molecule has 0 radical (unpaired) electrons. The molecule has 1 heterocycles. The van der Waals surface area contributed by atoms with Crippen LogP contribution in [0.5, 0.6) is 5.75 Å². The van der Waals surface area contributed by atoms with E-state index in [4.69, 9.17) is 4.74 Å². The molecule has 1 aliphatic rings. The van der Waals surface area contributed by atoms with Gasteiger partial charge in [-0.05, 0) is 80.0 Å². The number of hydrogen-bond donors (Lipinski definition) is 1. The van der Waals surface area contributed by atoms with E-state index in [-0.39, 0.29) is 16.9 Å². The van der Waals surface area contributed by atoms with Crippen LogP contribution in [0.15, 0.2) is 77.7 Å². The van der Waals surface area contributed by atoms with Gasteiger partial charge in [0.2, 0.25) is 15.9 Å². The summed E-state index contributed by atoms with van der Waals surface area (Å²) in [5.41, 5.74) is 4.11. The molecule has 3 aromatic rings. The lowest BCUT2D eigenvalue weighted by Crippen LogP contribution is -2.41. The first-order valence-corrected chi connectivity index (χ1v) is 13.5. The second-order valence-corrected chi connectivity index (χ2v) is 11.3. The fraction of sp³-hybridized carbons (Fsp3) is 0.321. The first-order valence-electron chi connectivity index (χ1n) is 12.1. The van der Waals surface area contributed by atoms with Crippen LogP contribution in [0.4, 0.5) is 5.69 Å².